The largest absolute Gasteiger partial charge is 0.506 e. The van der Waals surface area contributed by atoms with E-state index in [1.54, 1.807) is 16.5 Å². The zero-order valence-corrected chi connectivity index (χ0v) is 14.9. The highest BCUT2D eigenvalue weighted by molar-refractivity contribution is 5.57. The van der Waals surface area contributed by atoms with Gasteiger partial charge in [-0.3, -0.25) is 9.20 Å². The highest BCUT2D eigenvalue weighted by Crippen LogP contribution is 2.25. The molecular formula is C20H23N4O2+. The average Bonchev–Trinajstić information content (AvgIpc) is 2.64. The normalized spacial score (nSPS) is 15.5. The molecule has 0 unspecified atom stereocenters. The van der Waals surface area contributed by atoms with Crippen LogP contribution in [0, 0.1) is 6.92 Å². The number of benzene rings is 1. The molecule has 1 aromatic carbocycles. The van der Waals surface area contributed by atoms with Gasteiger partial charge in [-0.05, 0) is 30.7 Å². The Bertz CT molecular complexity index is 991. The molecule has 0 bridgehead atoms. The van der Waals surface area contributed by atoms with Crippen molar-refractivity contribution in [1.82, 2.24) is 9.38 Å². The Kier molecular flexibility index (Phi) is 4.34. The number of pyridine rings is 1. The summed E-state index contributed by atoms with van der Waals surface area (Å²) in [5, 5.41) is 10.0. The number of nitrogens with one attached hydrogen (secondary N) is 1. The summed E-state index contributed by atoms with van der Waals surface area (Å²) in [5.41, 5.74) is 3.44. The average molecular weight is 351 g/mol. The summed E-state index contributed by atoms with van der Waals surface area (Å²) < 4.78 is 1.60. The van der Waals surface area contributed by atoms with Gasteiger partial charge in [0.1, 0.15) is 23.6 Å². The van der Waals surface area contributed by atoms with Gasteiger partial charge in [0.05, 0.1) is 31.9 Å². The van der Waals surface area contributed by atoms with Gasteiger partial charge in [-0.1, -0.05) is 18.2 Å². The van der Waals surface area contributed by atoms with Crippen molar-refractivity contribution >= 4 is 11.3 Å². The van der Waals surface area contributed by atoms with Crippen LogP contribution in [0.1, 0.15) is 11.3 Å². The number of nitrogens with zero attached hydrogens (tertiary/aromatic N) is 3. The topological polar surface area (TPSA) is 62.3 Å². The molecule has 6 heteroatoms. The Hall–Kier alpha value is -2.86. The van der Waals surface area contributed by atoms with Gasteiger partial charge in [0.25, 0.3) is 5.56 Å². The van der Waals surface area contributed by atoms with E-state index in [4.69, 9.17) is 0 Å². The van der Waals surface area contributed by atoms with Crippen molar-refractivity contribution in [3.8, 4) is 5.75 Å². The van der Waals surface area contributed by atoms with Crippen LogP contribution in [0.15, 0.2) is 53.5 Å². The fourth-order valence-electron chi connectivity index (χ4n) is 3.58. The Labute approximate surface area is 151 Å². The Morgan fingerprint density at radius 1 is 1.15 bits per heavy atom. The molecule has 26 heavy (non-hydrogen) atoms. The fraction of sp³-hybridized carbons (Fsp3) is 0.300. The van der Waals surface area contributed by atoms with E-state index in [0.29, 0.717) is 11.4 Å². The van der Waals surface area contributed by atoms with Crippen LogP contribution in [-0.2, 0) is 6.54 Å². The van der Waals surface area contributed by atoms with Crippen molar-refractivity contribution in [2.75, 3.05) is 31.1 Å². The van der Waals surface area contributed by atoms with E-state index in [0.717, 1.165) is 49.7 Å². The van der Waals surface area contributed by atoms with Crippen LogP contribution in [0.5, 0.6) is 5.75 Å². The van der Waals surface area contributed by atoms with E-state index in [1.807, 2.05) is 43.5 Å². The zero-order valence-electron chi connectivity index (χ0n) is 14.9. The molecule has 1 fully saturated rings. The highest BCUT2D eigenvalue weighted by atomic mass is 16.3. The number of piperazine rings is 1. The maximum atomic E-state index is 12.3. The van der Waals surface area contributed by atoms with Crippen LogP contribution in [0.25, 0.3) is 5.65 Å². The van der Waals surface area contributed by atoms with Crippen molar-refractivity contribution in [1.29, 1.82) is 0 Å². The van der Waals surface area contributed by atoms with E-state index in [2.05, 4.69) is 9.88 Å². The second kappa shape index (κ2) is 6.80. The fourth-order valence-corrected chi connectivity index (χ4v) is 3.58. The summed E-state index contributed by atoms with van der Waals surface area (Å²) in [5.74, 6) is 0.329. The van der Waals surface area contributed by atoms with Gasteiger partial charge in [0.15, 0.2) is 0 Å². The number of aromatic nitrogens is 2. The van der Waals surface area contributed by atoms with Crippen LogP contribution >= 0.6 is 0 Å². The van der Waals surface area contributed by atoms with Crippen molar-refractivity contribution in [3.05, 3.63) is 70.3 Å². The monoisotopic (exact) mass is 351 g/mol. The predicted octanol–water partition coefficient (Wildman–Crippen LogP) is 0.614. The Morgan fingerprint density at radius 2 is 1.92 bits per heavy atom. The molecule has 0 radical (unpaired) electrons. The van der Waals surface area contributed by atoms with Crippen LogP contribution in [-0.4, -0.2) is 40.7 Å². The van der Waals surface area contributed by atoms with E-state index in [9.17, 15) is 9.90 Å². The first-order valence-corrected chi connectivity index (χ1v) is 8.95. The van der Waals surface area contributed by atoms with Crippen LogP contribution in [0.3, 0.4) is 0 Å². The minimum atomic E-state index is -0.0269. The quantitative estimate of drug-likeness (QED) is 0.726. The zero-order chi connectivity index (χ0) is 18.1. The molecule has 3 heterocycles. The standard InChI is InChI=1S/C20H22N4O2/c1-15-6-7-19-21-16(12-20(26)24(19)13-15)14-22-8-10-23(11-9-22)17-4-2-3-5-18(17)25/h2-7,12-13,25H,8-11,14H2,1H3/p+1. The molecule has 134 valence electrons. The summed E-state index contributed by atoms with van der Waals surface area (Å²) in [6.45, 7) is 6.35. The number of phenols is 1. The SMILES string of the molecule is Cc1ccc2nc(C[NH+]3CCN(c4ccccc4O)CC3)cc(=O)n2c1. The number of quaternary nitrogens is 1. The van der Waals surface area contributed by atoms with Gasteiger partial charge in [-0.15, -0.1) is 0 Å². The third kappa shape index (κ3) is 3.28. The van der Waals surface area contributed by atoms with Crippen molar-refractivity contribution in [2.45, 2.75) is 13.5 Å². The first-order valence-electron chi connectivity index (χ1n) is 8.95. The Morgan fingerprint density at radius 3 is 2.69 bits per heavy atom. The summed E-state index contributed by atoms with van der Waals surface area (Å²) in [7, 11) is 0. The lowest BCUT2D eigenvalue weighted by Gasteiger charge is -2.33. The maximum Gasteiger partial charge on any atom is 0.258 e. The van der Waals surface area contributed by atoms with Crippen molar-refractivity contribution < 1.29 is 10.0 Å². The van der Waals surface area contributed by atoms with E-state index < -0.39 is 0 Å². The molecule has 0 aliphatic carbocycles. The molecule has 4 rings (SSSR count). The Balaban J connectivity index is 1.46. The predicted molar refractivity (Wildman–Crippen MR) is 101 cm³/mol. The molecular weight excluding hydrogens is 328 g/mol. The molecule has 1 aliphatic rings. The molecule has 0 atom stereocenters. The summed E-state index contributed by atoms with van der Waals surface area (Å²) in [6, 6.07) is 13.0. The molecule has 0 amide bonds. The molecule has 1 aliphatic heterocycles. The van der Waals surface area contributed by atoms with Crippen molar-refractivity contribution in [3.63, 3.8) is 0 Å². The molecule has 2 N–H and O–H groups in total. The summed E-state index contributed by atoms with van der Waals surface area (Å²) in [6.07, 6.45) is 1.83. The molecule has 1 saturated heterocycles. The lowest BCUT2D eigenvalue weighted by Crippen LogP contribution is -3.13. The lowest BCUT2D eigenvalue weighted by molar-refractivity contribution is -0.914. The van der Waals surface area contributed by atoms with Gasteiger partial charge in [-0.25, -0.2) is 4.98 Å². The first kappa shape index (κ1) is 16.6. The number of rotatable bonds is 3. The van der Waals surface area contributed by atoms with Crippen LogP contribution in [0.4, 0.5) is 5.69 Å². The number of aryl methyl sites for hydroxylation is 1. The maximum absolute atomic E-state index is 12.3. The van der Waals surface area contributed by atoms with Crippen LogP contribution < -0.4 is 15.4 Å². The molecule has 0 saturated carbocycles. The number of phenolic OH excluding ortho intramolecular Hbond substituents is 1. The number of para-hydroxylation sites is 2. The number of anilines is 1. The lowest BCUT2D eigenvalue weighted by atomic mass is 10.2. The van der Waals surface area contributed by atoms with E-state index in [1.165, 1.54) is 4.90 Å². The number of hydrogen-bond donors (Lipinski definition) is 2. The minimum Gasteiger partial charge on any atom is -0.506 e. The van der Waals surface area contributed by atoms with Gasteiger partial charge >= 0.3 is 0 Å². The number of hydrogen-bond acceptors (Lipinski definition) is 4. The second-order valence-corrected chi connectivity index (χ2v) is 6.92. The number of aromatic hydroxyl groups is 1. The molecule has 2 aromatic heterocycles. The molecule has 3 aromatic rings. The first-order chi connectivity index (χ1) is 12.6. The smallest absolute Gasteiger partial charge is 0.258 e. The van der Waals surface area contributed by atoms with Gasteiger partial charge in [0, 0.05) is 12.3 Å². The number of fused-ring (bicyclic) bond motifs is 1. The van der Waals surface area contributed by atoms with Gasteiger partial charge < -0.3 is 14.9 Å². The summed E-state index contributed by atoms with van der Waals surface area (Å²) >= 11 is 0. The second-order valence-electron chi connectivity index (χ2n) is 6.92. The summed E-state index contributed by atoms with van der Waals surface area (Å²) in [4.78, 5) is 20.6. The minimum absolute atomic E-state index is 0.0269. The molecule has 6 nitrogen and oxygen atoms in total. The van der Waals surface area contributed by atoms with Crippen molar-refractivity contribution in [2.24, 2.45) is 0 Å². The van der Waals surface area contributed by atoms with Gasteiger partial charge in [-0.2, -0.15) is 0 Å². The highest BCUT2D eigenvalue weighted by Gasteiger charge is 2.22. The van der Waals surface area contributed by atoms with E-state index in [-0.39, 0.29) is 5.56 Å². The molecule has 0 spiro atoms. The van der Waals surface area contributed by atoms with E-state index >= 15 is 0 Å². The third-order valence-corrected chi connectivity index (χ3v) is 4.98. The van der Waals surface area contributed by atoms with Crippen LogP contribution in [0.2, 0.25) is 0 Å². The third-order valence-electron chi connectivity index (χ3n) is 4.98. The van der Waals surface area contributed by atoms with Gasteiger partial charge in [0.2, 0.25) is 0 Å².